The summed E-state index contributed by atoms with van der Waals surface area (Å²) in [6, 6.07) is 8.23. The molecule has 1 aromatic heterocycles. The number of fused-ring (bicyclic) bond motifs is 4. The first kappa shape index (κ1) is 61.8. The monoisotopic (exact) mass is 1080 g/mol. The van der Waals surface area contributed by atoms with Crippen LogP contribution in [0.15, 0.2) is 84.1 Å². The Labute approximate surface area is 460 Å². The van der Waals surface area contributed by atoms with E-state index in [1.54, 1.807) is 47.3 Å². The van der Waals surface area contributed by atoms with E-state index in [0.717, 1.165) is 16.3 Å². The first-order valence-corrected chi connectivity index (χ1v) is 28.0. The first-order valence-electron chi connectivity index (χ1n) is 28.0. The summed E-state index contributed by atoms with van der Waals surface area (Å²) in [5.41, 5.74) is 1.23. The number of hydrogen-bond donors (Lipinski definition) is 3. The molecule has 9 unspecified atom stereocenters. The summed E-state index contributed by atoms with van der Waals surface area (Å²) < 4.78 is 35.9. The van der Waals surface area contributed by atoms with Gasteiger partial charge in [0.2, 0.25) is 5.79 Å². The number of esters is 1. The van der Waals surface area contributed by atoms with Crippen LogP contribution in [0.25, 0.3) is 10.8 Å². The number of allylic oxidation sites excluding steroid dienone is 6. The quantitative estimate of drug-likeness (QED) is 0.127. The van der Waals surface area contributed by atoms with E-state index in [0.29, 0.717) is 75.6 Å². The van der Waals surface area contributed by atoms with Crippen molar-refractivity contribution in [2.75, 3.05) is 33.2 Å². The Bertz CT molecular complexity index is 2540. The predicted molar refractivity (Wildman–Crippen MR) is 295 cm³/mol. The van der Waals surface area contributed by atoms with Crippen molar-refractivity contribution in [1.29, 1.82) is 0 Å². The van der Waals surface area contributed by atoms with Crippen LogP contribution < -0.4 is 5.32 Å². The highest BCUT2D eigenvalue weighted by Crippen LogP contribution is 2.38. The number of piperidine rings is 1. The summed E-state index contributed by atoms with van der Waals surface area (Å²) in [6.45, 7) is 12.7. The lowest BCUT2D eigenvalue weighted by molar-refractivity contribution is -0.265. The first-order chi connectivity index (χ1) is 37.2. The number of nitrogens with zero attached hydrogens (tertiary/aromatic N) is 2. The van der Waals surface area contributed by atoms with Crippen LogP contribution in [0.3, 0.4) is 0 Å². The van der Waals surface area contributed by atoms with Crippen LogP contribution in [0, 0.1) is 35.5 Å². The summed E-state index contributed by atoms with van der Waals surface area (Å²) >= 11 is 0. The van der Waals surface area contributed by atoms with Crippen LogP contribution in [-0.4, -0.2) is 138 Å². The minimum atomic E-state index is -2.46. The second kappa shape index (κ2) is 28.6. The Kier molecular flexibility index (Phi) is 22.7. The number of methoxy groups -OCH3 is 3. The third kappa shape index (κ3) is 15.7. The minimum absolute atomic E-state index is 0.000920. The van der Waals surface area contributed by atoms with Crippen LogP contribution in [0.2, 0.25) is 0 Å². The van der Waals surface area contributed by atoms with E-state index >= 15 is 0 Å². The molecule has 1 aliphatic carbocycles. The number of ether oxygens (including phenoxy) is 6. The number of anilines is 1. The maximum absolute atomic E-state index is 14.6. The fourth-order valence-corrected chi connectivity index (χ4v) is 11.7. The number of hydrogen-bond acceptors (Lipinski definition) is 15. The van der Waals surface area contributed by atoms with Gasteiger partial charge in [0.15, 0.2) is 5.78 Å². The van der Waals surface area contributed by atoms with Gasteiger partial charge in [-0.3, -0.25) is 24.5 Å². The Hall–Kier alpha value is -5.43. The molecular formula is C61H85N3O14. The molecule has 15 atom stereocenters. The molecule has 0 radical (unpaired) electrons. The number of Topliss-reactive ketones (excluding diaryl/α,β-unsaturated/α-hetero) is 3. The smallest absolute Gasteiger partial charge is 0.413 e. The fraction of sp³-hybridized carbons (Fsp3) is 0.623. The van der Waals surface area contributed by atoms with E-state index in [4.69, 9.17) is 28.4 Å². The van der Waals surface area contributed by atoms with Crippen LogP contribution in [-0.2, 0) is 52.4 Å². The van der Waals surface area contributed by atoms with Gasteiger partial charge >= 0.3 is 12.1 Å². The van der Waals surface area contributed by atoms with Crippen molar-refractivity contribution in [2.24, 2.45) is 35.5 Å². The molecule has 1 saturated carbocycles. The van der Waals surface area contributed by atoms with Gasteiger partial charge < -0.3 is 43.5 Å². The highest BCUT2D eigenvalue weighted by atomic mass is 16.6. The van der Waals surface area contributed by atoms with Gasteiger partial charge in [0.1, 0.15) is 42.1 Å². The van der Waals surface area contributed by atoms with Crippen LogP contribution >= 0.6 is 0 Å². The van der Waals surface area contributed by atoms with E-state index in [-0.39, 0.29) is 42.8 Å². The van der Waals surface area contributed by atoms with Crippen molar-refractivity contribution in [1.82, 2.24) is 9.88 Å². The highest BCUT2D eigenvalue weighted by Gasteiger charge is 2.53. The number of aliphatic hydroxyl groups excluding tert-OH is 1. The van der Waals surface area contributed by atoms with Gasteiger partial charge in [-0.25, -0.2) is 14.6 Å². The van der Waals surface area contributed by atoms with Crippen molar-refractivity contribution in [3.63, 3.8) is 0 Å². The number of aliphatic hydroxyl groups is 2. The van der Waals surface area contributed by atoms with Gasteiger partial charge in [0.05, 0.1) is 18.3 Å². The lowest BCUT2D eigenvalue weighted by Crippen LogP contribution is -2.61. The van der Waals surface area contributed by atoms with E-state index in [2.05, 4.69) is 10.3 Å². The van der Waals surface area contributed by atoms with E-state index in [1.165, 1.54) is 12.0 Å². The molecule has 1 aromatic carbocycles. The second-order valence-electron chi connectivity index (χ2n) is 22.5. The summed E-state index contributed by atoms with van der Waals surface area (Å²) in [5, 5.41) is 28.1. The molecule has 6 rings (SSSR count). The Morgan fingerprint density at radius 3 is 2.36 bits per heavy atom. The van der Waals surface area contributed by atoms with Gasteiger partial charge in [-0.2, -0.15) is 0 Å². The van der Waals surface area contributed by atoms with E-state index in [1.807, 2.05) is 88.4 Å². The highest BCUT2D eigenvalue weighted by molar-refractivity contribution is 6.39. The van der Waals surface area contributed by atoms with Gasteiger partial charge in [0.25, 0.3) is 11.7 Å². The Balaban J connectivity index is 1.25. The molecule has 3 fully saturated rings. The molecule has 2 amide bonds. The molecular weight excluding hydrogens is 999 g/mol. The lowest BCUT2D eigenvalue weighted by Gasteiger charge is -2.42. The number of aromatic nitrogens is 1. The van der Waals surface area contributed by atoms with Crippen LogP contribution in [0.5, 0.6) is 0 Å². The molecule has 2 aromatic rings. The molecule has 0 spiro atoms. The maximum atomic E-state index is 14.6. The Morgan fingerprint density at radius 2 is 1.63 bits per heavy atom. The average Bonchev–Trinajstić information content (AvgIpc) is 3.46. The molecule has 428 valence electrons. The van der Waals surface area contributed by atoms with Crippen LogP contribution in [0.4, 0.5) is 10.6 Å². The van der Waals surface area contributed by atoms with Crippen molar-refractivity contribution >= 4 is 51.9 Å². The predicted octanol–water partition coefficient (Wildman–Crippen LogP) is 8.99. The third-order valence-electron chi connectivity index (χ3n) is 16.6. The van der Waals surface area contributed by atoms with E-state index < -0.39 is 102 Å². The summed E-state index contributed by atoms with van der Waals surface area (Å²) in [5.74, 6) is -8.06. The number of cyclic esters (lactones) is 1. The van der Waals surface area contributed by atoms with Crippen molar-refractivity contribution in [3.05, 3.63) is 84.1 Å². The largest absolute Gasteiger partial charge is 0.460 e. The number of nitrogens with one attached hydrogen (secondary N) is 1. The number of amides is 2. The van der Waals surface area contributed by atoms with Gasteiger partial charge in [-0.05, 0) is 118 Å². The fourth-order valence-electron chi connectivity index (χ4n) is 11.7. The molecule has 3 N–H and O–H groups in total. The molecule has 2 bridgehead atoms. The normalized spacial score (nSPS) is 35.5. The number of ketones is 3. The Morgan fingerprint density at radius 1 is 0.872 bits per heavy atom. The zero-order chi connectivity index (χ0) is 56.8. The molecule has 4 aliphatic rings. The molecule has 78 heavy (non-hydrogen) atoms. The van der Waals surface area contributed by atoms with Crippen molar-refractivity contribution in [2.45, 2.75) is 180 Å². The number of benzene rings is 1. The van der Waals surface area contributed by atoms with Crippen LogP contribution in [0.1, 0.15) is 126 Å². The SMILES string of the molecule is COC1CC2CC[C@@H](C)[C@@](O)(O2)C(=O)C(=O)N2CCCC[C@H]2C(=O)OC(C(C)CC2CC[C@@H](OC(=O)Nc3nccc4ccccc34)C(OC)C2)CC(=O)C(C)/C=C(/C)[C@@H](O)C(OC)C(=O)[C@H](C)CC(C)\C=C/C=C\C=C/1C. The molecule has 17 nitrogen and oxygen atoms in total. The maximum Gasteiger partial charge on any atom is 0.413 e. The zero-order valence-electron chi connectivity index (χ0n) is 47.4. The zero-order valence-corrected chi connectivity index (χ0v) is 47.4. The second-order valence-corrected chi connectivity index (χ2v) is 22.5. The van der Waals surface area contributed by atoms with E-state index in [9.17, 15) is 39.0 Å². The molecule has 3 aliphatic heterocycles. The van der Waals surface area contributed by atoms with Crippen molar-refractivity contribution < 1.29 is 67.4 Å². The standard InChI is InChI=1S/C61H85N3O14/c1-36-18-12-11-13-19-37(2)50(73-8)34-45-25-23-42(7)61(72,78-45)56(68)58(69)64-29-17-16-22-47(64)59(70)76-51(35-48(65)38(3)31-41(6)54(67)55(75-10)53(66)40(5)30-36)39(4)32-43-24-26-49(52(33-43)74-9)77-60(71)63-57-46-21-15-14-20-44(46)27-28-62-57/h11-15,18-21,27-28,31,36,38-40,42-43,45,47,49-52,54-55,67,72H,16-17,22-26,29-30,32-35H2,1-10H3,(H,62,63,71)/b13-11-,18-12-,37-19-,41-31-/t36?,38?,39?,40-,42-,43?,45?,47+,49-,50?,51?,52?,54-,55?,61-/m1/s1. The van der Waals surface area contributed by atoms with Gasteiger partial charge in [-0.15, -0.1) is 0 Å². The molecule has 4 heterocycles. The topological polar surface area (TPSA) is 226 Å². The molecule has 17 heteroatoms. The number of pyridine rings is 1. The number of rotatable bonds is 8. The average molecular weight is 1080 g/mol. The summed E-state index contributed by atoms with van der Waals surface area (Å²) in [4.78, 5) is 90.5. The molecule has 2 saturated heterocycles. The third-order valence-corrected chi connectivity index (χ3v) is 16.6. The number of carbonyl (C=O) groups is 6. The minimum Gasteiger partial charge on any atom is -0.460 e. The summed E-state index contributed by atoms with van der Waals surface area (Å²) in [7, 11) is 4.51. The summed E-state index contributed by atoms with van der Waals surface area (Å²) in [6.07, 6.45) is 11.3. The number of carbonyl (C=O) groups excluding carboxylic acids is 6. The van der Waals surface area contributed by atoms with Gasteiger partial charge in [0, 0.05) is 70.1 Å². The lowest BCUT2D eigenvalue weighted by atomic mass is 9.78. The van der Waals surface area contributed by atoms with Gasteiger partial charge in [-0.1, -0.05) is 95.3 Å². The van der Waals surface area contributed by atoms with Crippen molar-refractivity contribution in [3.8, 4) is 0 Å².